The Bertz CT molecular complexity index is 319. The summed E-state index contributed by atoms with van der Waals surface area (Å²) in [6, 6.07) is 4.47. The molecule has 1 aliphatic carbocycles. The molecule has 2 N–H and O–H groups in total. The predicted octanol–water partition coefficient (Wildman–Crippen LogP) is 1.24. The summed E-state index contributed by atoms with van der Waals surface area (Å²) in [5.41, 5.74) is 5.51. The van der Waals surface area contributed by atoms with Crippen LogP contribution in [0.15, 0.2) is 17.5 Å². The van der Waals surface area contributed by atoms with E-state index < -0.39 is 0 Å². The lowest BCUT2D eigenvalue weighted by Crippen LogP contribution is -2.37. The lowest BCUT2D eigenvalue weighted by Gasteiger charge is -2.21. The van der Waals surface area contributed by atoms with Crippen molar-refractivity contribution in [3.05, 3.63) is 22.4 Å². The van der Waals surface area contributed by atoms with Crippen molar-refractivity contribution in [3.8, 4) is 0 Å². The monoisotopic (exact) mass is 224 g/mol. The zero-order valence-corrected chi connectivity index (χ0v) is 9.50. The van der Waals surface area contributed by atoms with Gasteiger partial charge in [-0.15, -0.1) is 11.3 Å². The Kier molecular flexibility index (Phi) is 3.38. The summed E-state index contributed by atoms with van der Waals surface area (Å²) >= 11 is 1.64. The summed E-state index contributed by atoms with van der Waals surface area (Å²) in [4.78, 5) is 15.0. The summed E-state index contributed by atoms with van der Waals surface area (Å²) in [5.74, 6) is 0.227. The van der Waals surface area contributed by atoms with Gasteiger partial charge in [-0.2, -0.15) is 0 Å². The molecule has 82 valence electrons. The van der Waals surface area contributed by atoms with E-state index in [0.717, 1.165) is 17.7 Å². The summed E-state index contributed by atoms with van der Waals surface area (Å²) in [5, 5.41) is 2.01. The van der Waals surface area contributed by atoms with Crippen molar-refractivity contribution >= 4 is 17.2 Å². The number of nitrogens with two attached hydrogens (primary N) is 1. The van der Waals surface area contributed by atoms with Crippen LogP contribution in [0.5, 0.6) is 0 Å². The average Bonchev–Trinajstić information content (AvgIpc) is 2.93. The Balaban J connectivity index is 1.92. The van der Waals surface area contributed by atoms with Gasteiger partial charge in [0.25, 0.3) is 0 Å². The highest BCUT2D eigenvalue weighted by Gasteiger charge is 2.31. The van der Waals surface area contributed by atoms with Gasteiger partial charge in [0.05, 0.1) is 6.42 Å². The maximum Gasteiger partial charge on any atom is 0.228 e. The largest absolute Gasteiger partial charge is 0.338 e. The minimum absolute atomic E-state index is 0.227. The molecule has 1 saturated carbocycles. The fraction of sp³-hybridized carbons (Fsp3) is 0.545. The molecule has 1 aromatic heterocycles. The van der Waals surface area contributed by atoms with E-state index in [1.165, 1.54) is 0 Å². The number of rotatable bonds is 5. The molecule has 1 fully saturated rings. The number of hydrogen-bond donors (Lipinski definition) is 1. The van der Waals surface area contributed by atoms with Gasteiger partial charge < -0.3 is 10.6 Å². The van der Waals surface area contributed by atoms with E-state index in [1.807, 2.05) is 22.4 Å². The third-order valence-electron chi connectivity index (χ3n) is 2.58. The Morgan fingerprint density at radius 1 is 1.60 bits per heavy atom. The Labute approximate surface area is 93.9 Å². The predicted molar refractivity (Wildman–Crippen MR) is 61.8 cm³/mol. The molecule has 3 nitrogen and oxygen atoms in total. The molecule has 1 aliphatic rings. The highest BCUT2D eigenvalue weighted by atomic mass is 32.1. The van der Waals surface area contributed by atoms with Gasteiger partial charge in [-0.1, -0.05) is 6.07 Å². The molecule has 0 unspecified atom stereocenters. The van der Waals surface area contributed by atoms with Crippen molar-refractivity contribution in [1.82, 2.24) is 4.90 Å². The summed E-state index contributed by atoms with van der Waals surface area (Å²) in [6.45, 7) is 1.27. The number of amides is 1. The van der Waals surface area contributed by atoms with Crippen LogP contribution in [0.25, 0.3) is 0 Å². The van der Waals surface area contributed by atoms with E-state index in [9.17, 15) is 4.79 Å². The lowest BCUT2D eigenvalue weighted by molar-refractivity contribution is -0.130. The number of carbonyl (C=O) groups excluding carboxylic acids is 1. The molecular weight excluding hydrogens is 208 g/mol. The van der Waals surface area contributed by atoms with Crippen LogP contribution in [0.2, 0.25) is 0 Å². The maximum atomic E-state index is 12.0. The molecule has 0 radical (unpaired) electrons. The highest BCUT2D eigenvalue weighted by Crippen LogP contribution is 2.27. The number of nitrogens with zero attached hydrogens (tertiary/aromatic N) is 1. The topological polar surface area (TPSA) is 46.3 Å². The minimum atomic E-state index is 0.227. The zero-order chi connectivity index (χ0) is 10.7. The molecule has 0 bridgehead atoms. The van der Waals surface area contributed by atoms with Crippen molar-refractivity contribution in [3.63, 3.8) is 0 Å². The van der Waals surface area contributed by atoms with E-state index in [1.54, 1.807) is 11.3 Å². The molecule has 4 heteroatoms. The van der Waals surface area contributed by atoms with Crippen molar-refractivity contribution in [2.75, 3.05) is 13.1 Å². The molecular formula is C11H16N2OS. The summed E-state index contributed by atoms with van der Waals surface area (Å²) < 4.78 is 0. The summed E-state index contributed by atoms with van der Waals surface area (Å²) in [7, 11) is 0. The lowest BCUT2D eigenvalue weighted by atomic mass is 10.3. The average molecular weight is 224 g/mol. The Morgan fingerprint density at radius 2 is 2.40 bits per heavy atom. The number of thiophene rings is 1. The van der Waals surface area contributed by atoms with Crippen LogP contribution >= 0.6 is 11.3 Å². The Morgan fingerprint density at radius 3 is 2.93 bits per heavy atom. The SMILES string of the molecule is NCCN(C(=O)Cc1cccs1)C1CC1. The van der Waals surface area contributed by atoms with Crippen molar-refractivity contribution in [1.29, 1.82) is 0 Å². The first-order chi connectivity index (χ1) is 7.31. The minimum Gasteiger partial charge on any atom is -0.338 e. The molecule has 15 heavy (non-hydrogen) atoms. The van der Waals surface area contributed by atoms with Gasteiger partial charge in [0.1, 0.15) is 0 Å². The van der Waals surface area contributed by atoms with Crippen LogP contribution in [0.3, 0.4) is 0 Å². The van der Waals surface area contributed by atoms with Gasteiger partial charge >= 0.3 is 0 Å². The molecule has 0 aliphatic heterocycles. The first-order valence-corrected chi connectivity index (χ1v) is 6.21. The van der Waals surface area contributed by atoms with Crippen molar-refractivity contribution in [2.24, 2.45) is 5.73 Å². The van der Waals surface area contributed by atoms with Crippen LogP contribution in [-0.2, 0) is 11.2 Å². The molecule has 0 aromatic carbocycles. The van der Waals surface area contributed by atoms with E-state index in [2.05, 4.69) is 0 Å². The second-order valence-corrected chi connectivity index (χ2v) is 4.90. The molecule has 2 rings (SSSR count). The normalized spacial score (nSPS) is 15.3. The van der Waals surface area contributed by atoms with Crippen LogP contribution in [0.1, 0.15) is 17.7 Å². The molecule has 0 saturated heterocycles. The first kappa shape index (κ1) is 10.6. The number of carbonyl (C=O) groups is 1. The van der Waals surface area contributed by atoms with Crippen LogP contribution in [-0.4, -0.2) is 29.9 Å². The zero-order valence-electron chi connectivity index (χ0n) is 8.69. The highest BCUT2D eigenvalue weighted by molar-refractivity contribution is 7.10. The third kappa shape index (κ3) is 2.79. The van der Waals surface area contributed by atoms with E-state index in [0.29, 0.717) is 25.6 Å². The molecule has 1 amide bonds. The van der Waals surface area contributed by atoms with E-state index >= 15 is 0 Å². The van der Waals surface area contributed by atoms with Crippen LogP contribution in [0.4, 0.5) is 0 Å². The fourth-order valence-corrected chi connectivity index (χ4v) is 2.40. The van der Waals surface area contributed by atoms with Crippen molar-refractivity contribution in [2.45, 2.75) is 25.3 Å². The molecule has 1 aromatic rings. The van der Waals surface area contributed by atoms with Crippen LogP contribution < -0.4 is 5.73 Å². The quantitative estimate of drug-likeness (QED) is 0.818. The van der Waals surface area contributed by atoms with Crippen LogP contribution in [0, 0.1) is 0 Å². The molecule has 0 atom stereocenters. The summed E-state index contributed by atoms with van der Waals surface area (Å²) in [6.07, 6.45) is 2.83. The van der Waals surface area contributed by atoms with Gasteiger partial charge in [0, 0.05) is 24.0 Å². The van der Waals surface area contributed by atoms with Gasteiger partial charge in [0.2, 0.25) is 5.91 Å². The molecule has 1 heterocycles. The Hall–Kier alpha value is -0.870. The second kappa shape index (κ2) is 4.77. The van der Waals surface area contributed by atoms with Gasteiger partial charge in [-0.05, 0) is 24.3 Å². The van der Waals surface area contributed by atoms with E-state index in [-0.39, 0.29) is 5.91 Å². The van der Waals surface area contributed by atoms with E-state index in [4.69, 9.17) is 5.73 Å². The van der Waals surface area contributed by atoms with Gasteiger partial charge in [0.15, 0.2) is 0 Å². The number of hydrogen-bond acceptors (Lipinski definition) is 3. The standard InChI is InChI=1S/C11H16N2OS/c12-5-6-13(9-3-4-9)11(14)8-10-2-1-7-15-10/h1-2,7,9H,3-6,8,12H2. The fourth-order valence-electron chi connectivity index (χ4n) is 1.70. The first-order valence-electron chi connectivity index (χ1n) is 5.33. The van der Waals surface area contributed by atoms with Gasteiger partial charge in [-0.3, -0.25) is 4.79 Å². The maximum absolute atomic E-state index is 12.0. The second-order valence-electron chi connectivity index (χ2n) is 3.86. The third-order valence-corrected chi connectivity index (χ3v) is 3.46. The smallest absolute Gasteiger partial charge is 0.228 e. The van der Waals surface area contributed by atoms with Crippen molar-refractivity contribution < 1.29 is 4.79 Å². The molecule has 0 spiro atoms. The van der Waals surface area contributed by atoms with Gasteiger partial charge in [-0.25, -0.2) is 0 Å².